The predicted octanol–water partition coefficient (Wildman–Crippen LogP) is 3.81. The van der Waals surface area contributed by atoms with E-state index < -0.39 is 10.1 Å². The van der Waals surface area contributed by atoms with Crippen LogP contribution in [0.1, 0.15) is 42.5 Å². The Morgan fingerprint density at radius 2 is 1.92 bits per heavy atom. The zero-order valence-corrected chi connectivity index (χ0v) is 16.0. The van der Waals surface area contributed by atoms with Crippen molar-refractivity contribution in [1.29, 1.82) is 0 Å². The van der Waals surface area contributed by atoms with Crippen LogP contribution in [0.5, 0.6) is 0 Å². The van der Waals surface area contributed by atoms with E-state index in [0.717, 1.165) is 6.42 Å². The molecule has 1 aromatic carbocycles. The monoisotopic (exact) mass is 405 g/mol. The summed E-state index contributed by atoms with van der Waals surface area (Å²) in [5.74, 6) is 0.179. The first-order valence-electron chi connectivity index (χ1n) is 8.34. The predicted molar refractivity (Wildman–Crippen MR) is 97.7 cm³/mol. The van der Waals surface area contributed by atoms with Crippen molar-refractivity contribution >= 4 is 39.2 Å². The number of halogens is 2. The van der Waals surface area contributed by atoms with Gasteiger partial charge in [-0.25, -0.2) is 0 Å². The lowest BCUT2D eigenvalue weighted by molar-refractivity contribution is 0.0469. The number of carbonyl (C=O) groups excluding carboxylic acids is 1. The third-order valence-corrected chi connectivity index (χ3v) is 6.55. The second kappa shape index (κ2) is 7.06. The first kappa shape index (κ1) is 19.0. The minimum absolute atomic E-state index is 0.0372. The average Bonchev–Trinajstić information content (AvgIpc) is 3.25. The quantitative estimate of drug-likeness (QED) is 0.675. The Morgan fingerprint density at radius 1 is 1.24 bits per heavy atom. The van der Waals surface area contributed by atoms with E-state index in [2.05, 4.69) is 5.32 Å². The van der Waals surface area contributed by atoms with Crippen LogP contribution in [0.2, 0.25) is 10.0 Å². The maximum atomic E-state index is 12.4. The zero-order chi connectivity index (χ0) is 18.2. The lowest BCUT2D eigenvalue weighted by atomic mass is 9.60. The summed E-state index contributed by atoms with van der Waals surface area (Å²) < 4.78 is 31.1. The summed E-state index contributed by atoms with van der Waals surface area (Å²) >= 11 is 11.9. The van der Waals surface area contributed by atoms with Gasteiger partial charge in [0.05, 0.1) is 16.3 Å². The largest absolute Gasteiger partial charge is 0.351 e. The van der Waals surface area contributed by atoms with Crippen LogP contribution in [0, 0.1) is 17.3 Å². The van der Waals surface area contributed by atoms with Gasteiger partial charge in [0.2, 0.25) is 0 Å². The molecule has 0 bridgehead atoms. The van der Waals surface area contributed by atoms with E-state index in [1.165, 1.54) is 18.9 Å². The van der Waals surface area contributed by atoms with Crippen molar-refractivity contribution in [3.05, 3.63) is 33.8 Å². The standard InChI is InChI=1S/C17H21Cl2NO4S/c18-13-3-4-14(15(19)5-13)16(21)20-10-17(6-11-1-2-11)7-12(8-17)9-25(22,23)24/h3-5,11-12H,1-2,6-10H2,(H,20,21)(H,22,23,24). The lowest BCUT2D eigenvalue weighted by Crippen LogP contribution is -2.48. The lowest BCUT2D eigenvalue weighted by Gasteiger charge is -2.48. The molecular formula is C17H21Cl2NO4S. The minimum Gasteiger partial charge on any atom is -0.351 e. The number of rotatable bonds is 7. The summed E-state index contributed by atoms with van der Waals surface area (Å²) in [5.41, 5.74) is 0.298. The maximum Gasteiger partial charge on any atom is 0.265 e. The summed E-state index contributed by atoms with van der Waals surface area (Å²) in [4.78, 5) is 12.4. The zero-order valence-electron chi connectivity index (χ0n) is 13.7. The molecule has 0 aromatic heterocycles. The molecule has 1 aromatic rings. The van der Waals surface area contributed by atoms with Crippen molar-refractivity contribution < 1.29 is 17.8 Å². The van der Waals surface area contributed by atoms with Gasteiger partial charge < -0.3 is 5.32 Å². The van der Waals surface area contributed by atoms with Crippen LogP contribution in [-0.2, 0) is 10.1 Å². The van der Waals surface area contributed by atoms with E-state index >= 15 is 0 Å². The van der Waals surface area contributed by atoms with Gasteiger partial charge in [0.1, 0.15) is 0 Å². The molecule has 0 saturated heterocycles. The van der Waals surface area contributed by atoms with Gasteiger partial charge in [-0.2, -0.15) is 8.42 Å². The van der Waals surface area contributed by atoms with E-state index in [1.54, 1.807) is 12.1 Å². The Hall–Kier alpha value is -0.820. The number of benzene rings is 1. The first-order chi connectivity index (χ1) is 11.7. The topological polar surface area (TPSA) is 83.5 Å². The molecule has 0 aliphatic heterocycles. The second-order valence-electron chi connectivity index (χ2n) is 7.48. The van der Waals surface area contributed by atoms with Crippen molar-refractivity contribution in [2.75, 3.05) is 12.3 Å². The molecule has 0 spiro atoms. The Morgan fingerprint density at radius 3 is 2.48 bits per heavy atom. The Bertz CT molecular complexity index is 771. The molecule has 2 aliphatic rings. The van der Waals surface area contributed by atoms with Crippen molar-refractivity contribution in [2.45, 2.75) is 32.1 Å². The Labute approximate surface area is 157 Å². The van der Waals surface area contributed by atoms with Gasteiger partial charge >= 0.3 is 0 Å². The molecule has 5 nitrogen and oxygen atoms in total. The maximum absolute atomic E-state index is 12.4. The smallest absolute Gasteiger partial charge is 0.265 e. The normalized spacial score (nSPS) is 26.1. The summed E-state index contributed by atoms with van der Waals surface area (Å²) in [5, 5.41) is 3.72. The third kappa shape index (κ3) is 5.09. The molecule has 2 aliphatic carbocycles. The molecule has 0 unspecified atom stereocenters. The molecule has 0 atom stereocenters. The molecule has 3 rings (SSSR count). The van der Waals surface area contributed by atoms with Gasteiger partial charge in [-0.1, -0.05) is 36.0 Å². The van der Waals surface area contributed by atoms with Gasteiger partial charge in [-0.3, -0.25) is 9.35 Å². The summed E-state index contributed by atoms with van der Waals surface area (Å²) in [6.45, 7) is 0.489. The van der Waals surface area contributed by atoms with Crippen molar-refractivity contribution in [3.8, 4) is 0 Å². The van der Waals surface area contributed by atoms with Crippen LogP contribution in [-0.4, -0.2) is 31.2 Å². The molecule has 25 heavy (non-hydrogen) atoms. The fourth-order valence-electron chi connectivity index (χ4n) is 3.93. The van der Waals surface area contributed by atoms with E-state index in [1.807, 2.05) is 0 Å². The summed E-state index contributed by atoms with van der Waals surface area (Å²) in [6, 6.07) is 4.74. The number of hydrogen-bond donors (Lipinski definition) is 2. The minimum atomic E-state index is -3.95. The first-order valence-corrected chi connectivity index (χ1v) is 10.7. The molecule has 1 amide bonds. The summed E-state index contributed by atoms with van der Waals surface area (Å²) in [7, 11) is -3.95. The molecule has 2 N–H and O–H groups in total. The fraction of sp³-hybridized carbons (Fsp3) is 0.588. The van der Waals surface area contributed by atoms with E-state index in [-0.39, 0.29) is 23.0 Å². The number of nitrogens with one attached hydrogen (secondary N) is 1. The third-order valence-electron chi connectivity index (χ3n) is 5.11. The average molecular weight is 406 g/mol. The Balaban J connectivity index is 1.61. The fourth-order valence-corrected chi connectivity index (χ4v) is 5.26. The van der Waals surface area contributed by atoms with Crippen LogP contribution in [0.15, 0.2) is 18.2 Å². The number of carbonyl (C=O) groups is 1. The Kier molecular flexibility index (Phi) is 5.36. The molecule has 8 heteroatoms. The van der Waals surface area contributed by atoms with Crippen molar-refractivity contribution in [3.63, 3.8) is 0 Å². The van der Waals surface area contributed by atoms with Crippen LogP contribution >= 0.6 is 23.2 Å². The van der Waals surface area contributed by atoms with E-state index in [0.29, 0.717) is 40.9 Å². The molecular weight excluding hydrogens is 385 g/mol. The van der Waals surface area contributed by atoms with Crippen LogP contribution < -0.4 is 5.32 Å². The summed E-state index contributed by atoms with van der Waals surface area (Å²) in [6.07, 6.45) is 4.79. The molecule has 138 valence electrons. The van der Waals surface area contributed by atoms with Crippen molar-refractivity contribution in [1.82, 2.24) is 5.32 Å². The molecule has 2 fully saturated rings. The molecule has 0 heterocycles. The van der Waals surface area contributed by atoms with Crippen molar-refractivity contribution in [2.24, 2.45) is 17.3 Å². The van der Waals surface area contributed by atoms with E-state index in [9.17, 15) is 13.2 Å². The molecule has 2 saturated carbocycles. The second-order valence-corrected chi connectivity index (χ2v) is 9.82. The molecule has 0 radical (unpaired) electrons. The van der Waals surface area contributed by atoms with Gasteiger partial charge in [0.25, 0.3) is 16.0 Å². The van der Waals surface area contributed by atoms with Gasteiger partial charge in [0, 0.05) is 11.6 Å². The highest BCUT2D eigenvalue weighted by molar-refractivity contribution is 7.85. The van der Waals surface area contributed by atoms with Gasteiger partial charge in [0.15, 0.2) is 0 Å². The highest BCUT2D eigenvalue weighted by Gasteiger charge is 2.48. The van der Waals surface area contributed by atoms with Crippen LogP contribution in [0.3, 0.4) is 0 Å². The van der Waals surface area contributed by atoms with E-state index in [4.69, 9.17) is 27.8 Å². The van der Waals surface area contributed by atoms with Gasteiger partial charge in [-0.05, 0) is 54.7 Å². The highest BCUT2D eigenvalue weighted by atomic mass is 35.5. The SMILES string of the molecule is O=C(NCC1(CC2CC2)CC(CS(=O)(=O)O)C1)c1ccc(Cl)cc1Cl. The number of hydrogen-bond acceptors (Lipinski definition) is 3. The van der Waals surface area contributed by atoms with Crippen LogP contribution in [0.4, 0.5) is 0 Å². The van der Waals surface area contributed by atoms with Crippen LogP contribution in [0.25, 0.3) is 0 Å². The van der Waals surface area contributed by atoms with Gasteiger partial charge in [-0.15, -0.1) is 0 Å². The highest BCUT2D eigenvalue weighted by Crippen LogP contribution is 2.53. The number of amides is 1.